The maximum atomic E-state index is 13.6. The fourth-order valence-corrected chi connectivity index (χ4v) is 6.37. The molecule has 0 bridgehead atoms. The molecule has 1 heterocycles. The first-order chi connectivity index (χ1) is 20.7. The maximum Gasteiger partial charge on any atom is 0.416 e. The number of Topliss-reactive ketones (excluding diaryl/α,β-unsaturated/α-hetero) is 1. The van der Waals surface area contributed by atoms with E-state index in [0.29, 0.717) is 43.2 Å². The van der Waals surface area contributed by atoms with E-state index < -0.39 is 17.2 Å². The largest absolute Gasteiger partial charge is 0.416 e. The molecule has 44 heavy (non-hydrogen) atoms. The van der Waals surface area contributed by atoms with Gasteiger partial charge in [0.15, 0.2) is 5.78 Å². The summed E-state index contributed by atoms with van der Waals surface area (Å²) in [5.74, 6) is -0.413. The highest BCUT2D eigenvalue weighted by molar-refractivity contribution is 5.97. The summed E-state index contributed by atoms with van der Waals surface area (Å²) in [6.07, 6.45) is 10.3. The first-order valence-corrected chi connectivity index (χ1v) is 16.3. The Kier molecular flexibility index (Phi) is 16.4. The van der Waals surface area contributed by atoms with Crippen LogP contribution in [0.4, 0.5) is 17.6 Å². The monoisotopic (exact) mass is 636 g/mol. The Bertz CT molecular complexity index is 1160. The molecule has 0 radical (unpaired) electrons. The summed E-state index contributed by atoms with van der Waals surface area (Å²) in [5.41, 5.74) is -0.671. The predicted octanol–water partition coefficient (Wildman–Crippen LogP) is 10.7. The molecule has 1 unspecified atom stereocenters. The van der Waals surface area contributed by atoms with E-state index in [4.69, 9.17) is 0 Å². The zero-order valence-electron chi connectivity index (χ0n) is 26.1. The SMILES string of the molecule is CCCCCCCCCCCCC(C#N)(CCCN1CCC(C(=O)c2ccc(F)cc2)CC1)c1cccc(C(F)(F)F)c1.Cl. The molecular formula is C36H49ClF4N2O. The van der Waals surface area contributed by atoms with E-state index in [1.54, 1.807) is 6.07 Å². The van der Waals surface area contributed by atoms with Crippen LogP contribution in [0.2, 0.25) is 0 Å². The fourth-order valence-electron chi connectivity index (χ4n) is 6.37. The summed E-state index contributed by atoms with van der Waals surface area (Å²) in [6.45, 7) is 4.45. The molecule has 3 nitrogen and oxygen atoms in total. The average Bonchev–Trinajstić information content (AvgIpc) is 3.01. The zero-order chi connectivity index (χ0) is 31.1. The molecule has 1 fully saturated rings. The molecule has 1 aliphatic heterocycles. The molecule has 1 saturated heterocycles. The molecule has 2 aromatic rings. The van der Waals surface area contributed by atoms with Crippen LogP contribution in [0.1, 0.15) is 125 Å². The lowest BCUT2D eigenvalue weighted by molar-refractivity contribution is -0.137. The first-order valence-electron chi connectivity index (χ1n) is 16.3. The lowest BCUT2D eigenvalue weighted by Gasteiger charge is -2.33. The zero-order valence-corrected chi connectivity index (χ0v) is 27.0. The second-order valence-electron chi connectivity index (χ2n) is 12.3. The van der Waals surface area contributed by atoms with Crippen LogP contribution in [-0.2, 0) is 11.6 Å². The number of alkyl halides is 3. The van der Waals surface area contributed by atoms with Gasteiger partial charge >= 0.3 is 6.18 Å². The van der Waals surface area contributed by atoms with Crippen molar-refractivity contribution in [3.05, 3.63) is 71.0 Å². The quantitative estimate of drug-likeness (QED) is 0.0929. The van der Waals surface area contributed by atoms with Gasteiger partial charge in [0, 0.05) is 11.5 Å². The van der Waals surface area contributed by atoms with E-state index in [1.807, 2.05) is 0 Å². The number of likely N-dealkylation sites (tertiary alicyclic amines) is 1. The number of halogens is 5. The van der Waals surface area contributed by atoms with Crippen molar-refractivity contribution in [1.29, 1.82) is 5.26 Å². The Morgan fingerprint density at radius 1 is 0.841 bits per heavy atom. The van der Waals surface area contributed by atoms with Gasteiger partial charge in [0.1, 0.15) is 5.82 Å². The Balaban J connectivity index is 0.00000675. The topological polar surface area (TPSA) is 44.1 Å². The molecule has 0 amide bonds. The van der Waals surface area contributed by atoms with Crippen LogP contribution in [0.25, 0.3) is 0 Å². The Morgan fingerprint density at radius 3 is 1.95 bits per heavy atom. The molecule has 1 aliphatic rings. The van der Waals surface area contributed by atoms with Crippen LogP contribution in [0, 0.1) is 23.1 Å². The van der Waals surface area contributed by atoms with Crippen molar-refractivity contribution in [2.45, 2.75) is 115 Å². The number of carbonyl (C=O) groups is 1. The second kappa shape index (κ2) is 19.2. The lowest BCUT2D eigenvalue weighted by atomic mass is 9.73. The number of benzene rings is 2. The second-order valence-corrected chi connectivity index (χ2v) is 12.3. The highest BCUT2D eigenvalue weighted by Gasteiger charge is 2.36. The van der Waals surface area contributed by atoms with Crippen molar-refractivity contribution in [2.24, 2.45) is 5.92 Å². The summed E-state index contributed by atoms with van der Waals surface area (Å²) in [6, 6.07) is 13.5. The van der Waals surface area contributed by atoms with E-state index in [1.165, 1.54) is 74.9 Å². The van der Waals surface area contributed by atoms with E-state index in [9.17, 15) is 27.6 Å². The maximum absolute atomic E-state index is 13.6. The molecule has 3 rings (SSSR count). The lowest BCUT2D eigenvalue weighted by Crippen LogP contribution is -2.37. The standard InChI is InChI=1S/C36H48F4N2O.ClH/c1-2-3-4-5-6-7-8-9-10-11-22-35(28-41,31-14-12-15-32(27-31)36(38,39)40)23-13-24-42-25-20-30(21-26-42)34(43)29-16-18-33(37)19-17-29;/h12,14-19,27,30H,2-11,13,20-26H2,1H3;1H. The van der Waals surface area contributed by atoms with Gasteiger partial charge in [-0.05, 0) is 87.6 Å². The predicted molar refractivity (Wildman–Crippen MR) is 172 cm³/mol. The summed E-state index contributed by atoms with van der Waals surface area (Å²) >= 11 is 0. The Hall–Kier alpha value is -2.43. The third kappa shape index (κ3) is 11.8. The van der Waals surface area contributed by atoms with Gasteiger partial charge < -0.3 is 4.90 Å². The van der Waals surface area contributed by atoms with Crippen LogP contribution in [0.5, 0.6) is 0 Å². The van der Waals surface area contributed by atoms with Gasteiger partial charge in [0.05, 0.1) is 17.0 Å². The van der Waals surface area contributed by atoms with Gasteiger partial charge in [-0.3, -0.25) is 4.79 Å². The smallest absolute Gasteiger partial charge is 0.303 e. The van der Waals surface area contributed by atoms with Gasteiger partial charge in [-0.25, -0.2) is 4.39 Å². The number of rotatable bonds is 18. The highest BCUT2D eigenvalue weighted by Crippen LogP contribution is 2.38. The molecule has 8 heteroatoms. The number of hydrogen-bond donors (Lipinski definition) is 0. The van der Waals surface area contributed by atoms with E-state index in [2.05, 4.69) is 17.9 Å². The van der Waals surface area contributed by atoms with Crippen LogP contribution in [0.3, 0.4) is 0 Å². The number of ketones is 1. The third-order valence-corrected chi connectivity index (χ3v) is 9.08. The Morgan fingerprint density at radius 2 is 1.39 bits per heavy atom. The molecule has 0 saturated carbocycles. The number of nitrogens with zero attached hydrogens (tertiary/aromatic N) is 2. The van der Waals surface area contributed by atoms with Gasteiger partial charge in [-0.15, -0.1) is 12.4 Å². The van der Waals surface area contributed by atoms with Gasteiger partial charge in [0.25, 0.3) is 0 Å². The summed E-state index contributed by atoms with van der Waals surface area (Å²) in [4.78, 5) is 15.1. The number of hydrogen-bond acceptors (Lipinski definition) is 3. The molecule has 1 atom stereocenters. The van der Waals surface area contributed by atoms with Crippen molar-refractivity contribution >= 4 is 18.2 Å². The molecule has 2 aromatic carbocycles. The third-order valence-electron chi connectivity index (χ3n) is 9.08. The van der Waals surface area contributed by atoms with Gasteiger partial charge in [0.2, 0.25) is 0 Å². The van der Waals surface area contributed by atoms with E-state index in [0.717, 1.165) is 51.4 Å². The number of unbranched alkanes of at least 4 members (excludes halogenated alkanes) is 9. The van der Waals surface area contributed by atoms with Crippen molar-refractivity contribution in [2.75, 3.05) is 19.6 Å². The normalized spacial score (nSPS) is 15.7. The summed E-state index contributed by atoms with van der Waals surface area (Å²) < 4.78 is 53.9. The molecule has 0 spiro atoms. The Labute approximate surface area is 267 Å². The van der Waals surface area contributed by atoms with Crippen LogP contribution in [0.15, 0.2) is 48.5 Å². The number of nitriles is 1. The molecule has 0 aliphatic carbocycles. The van der Waals surface area contributed by atoms with Crippen molar-refractivity contribution in [3.8, 4) is 6.07 Å². The minimum Gasteiger partial charge on any atom is -0.303 e. The van der Waals surface area contributed by atoms with Gasteiger partial charge in [-0.2, -0.15) is 18.4 Å². The summed E-state index contributed by atoms with van der Waals surface area (Å²) in [5, 5.41) is 10.4. The van der Waals surface area contributed by atoms with Crippen LogP contribution < -0.4 is 0 Å². The van der Waals surface area contributed by atoms with Gasteiger partial charge in [-0.1, -0.05) is 89.3 Å². The van der Waals surface area contributed by atoms with Crippen molar-refractivity contribution in [3.63, 3.8) is 0 Å². The summed E-state index contributed by atoms with van der Waals surface area (Å²) in [7, 11) is 0. The molecule has 0 N–H and O–H groups in total. The van der Waals surface area contributed by atoms with E-state index in [-0.39, 0.29) is 29.9 Å². The van der Waals surface area contributed by atoms with Crippen molar-refractivity contribution < 1.29 is 22.4 Å². The highest BCUT2D eigenvalue weighted by atomic mass is 35.5. The number of carbonyl (C=O) groups excluding carboxylic acids is 1. The minimum absolute atomic E-state index is 0. The fraction of sp³-hybridized carbons (Fsp3) is 0.611. The first kappa shape index (κ1) is 37.8. The molecular weight excluding hydrogens is 588 g/mol. The minimum atomic E-state index is -4.45. The molecule has 0 aromatic heterocycles. The van der Waals surface area contributed by atoms with Crippen LogP contribution in [-0.4, -0.2) is 30.3 Å². The van der Waals surface area contributed by atoms with Crippen molar-refractivity contribution in [1.82, 2.24) is 4.90 Å². The van der Waals surface area contributed by atoms with Crippen LogP contribution >= 0.6 is 12.4 Å². The van der Waals surface area contributed by atoms with E-state index >= 15 is 0 Å². The number of piperidine rings is 1. The average molecular weight is 637 g/mol. The molecule has 244 valence electrons.